The van der Waals surface area contributed by atoms with Crippen molar-refractivity contribution >= 4 is 43.6 Å². The third kappa shape index (κ3) is 5.26. The molecule has 8 rings (SSSR count). The minimum Gasteiger partial charge on any atom is -0.307 e. The lowest BCUT2D eigenvalue weighted by molar-refractivity contribution is -0.137. The monoisotopic (exact) mass is 689 g/mol. The second-order valence-electron chi connectivity index (χ2n) is 15.7. The molecule has 0 amide bonds. The maximum Gasteiger partial charge on any atom is 0.417 e. The molecule has 0 saturated heterocycles. The van der Waals surface area contributed by atoms with Crippen molar-refractivity contribution < 1.29 is 13.2 Å². The zero-order chi connectivity index (χ0) is 36.7. The van der Waals surface area contributed by atoms with E-state index in [1.54, 1.807) is 18.2 Å². The number of hydrogen-bond donors (Lipinski definition) is 0. The van der Waals surface area contributed by atoms with E-state index in [1.807, 2.05) is 24.3 Å². The van der Waals surface area contributed by atoms with E-state index in [9.17, 15) is 18.4 Å². The van der Waals surface area contributed by atoms with E-state index < -0.39 is 11.7 Å². The summed E-state index contributed by atoms with van der Waals surface area (Å²) in [4.78, 5) is 0. The summed E-state index contributed by atoms with van der Waals surface area (Å²) in [5.41, 5.74) is 6.84. The van der Waals surface area contributed by atoms with Gasteiger partial charge in [0.2, 0.25) is 0 Å². The quantitative estimate of drug-likeness (QED) is 0.182. The molecule has 258 valence electrons. The fourth-order valence-electron chi connectivity index (χ4n) is 7.61. The smallest absolute Gasteiger partial charge is 0.307 e. The van der Waals surface area contributed by atoms with Crippen molar-refractivity contribution in [1.29, 1.82) is 5.26 Å². The first kappa shape index (κ1) is 33.3. The summed E-state index contributed by atoms with van der Waals surface area (Å²) in [6, 6.07) is 40.7. The van der Waals surface area contributed by atoms with E-state index in [-0.39, 0.29) is 27.5 Å². The SMILES string of the molecule is CC(C)(C)c1ccc2c(c1)c1ccccc1n2-c1cc(C#N)c(-c2ccccc2C(F)(F)F)cc1-n1c2ccccc2c2cc(C(C)(C)C)ccc21. The van der Waals surface area contributed by atoms with E-state index in [1.165, 1.54) is 23.3 Å². The van der Waals surface area contributed by atoms with E-state index >= 15 is 0 Å². The predicted octanol–water partition coefficient (Wildman–Crippen LogP) is 13.0. The lowest BCUT2D eigenvalue weighted by atomic mass is 9.86. The van der Waals surface area contributed by atoms with E-state index in [0.29, 0.717) is 11.4 Å². The molecule has 0 unspecified atom stereocenters. The van der Waals surface area contributed by atoms with Gasteiger partial charge < -0.3 is 9.13 Å². The maximum atomic E-state index is 14.6. The molecule has 2 aromatic heterocycles. The van der Waals surface area contributed by atoms with Crippen molar-refractivity contribution in [2.75, 3.05) is 0 Å². The highest BCUT2D eigenvalue weighted by molar-refractivity contribution is 6.12. The lowest BCUT2D eigenvalue weighted by Crippen LogP contribution is -2.11. The molecule has 0 N–H and O–H groups in total. The number of rotatable bonds is 3. The van der Waals surface area contributed by atoms with Gasteiger partial charge in [0.1, 0.15) is 0 Å². The zero-order valence-electron chi connectivity index (χ0n) is 30.0. The summed E-state index contributed by atoms with van der Waals surface area (Å²) in [6.45, 7) is 13.1. The van der Waals surface area contributed by atoms with Crippen LogP contribution in [0.25, 0.3) is 66.1 Å². The van der Waals surface area contributed by atoms with Crippen molar-refractivity contribution in [1.82, 2.24) is 9.13 Å². The summed E-state index contributed by atoms with van der Waals surface area (Å²) in [5.74, 6) is 0. The second-order valence-corrected chi connectivity index (χ2v) is 15.7. The number of aromatic nitrogens is 2. The summed E-state index contributed by atoms with van der Waals surface area (Å²) >= 11 is 0. The fourth-order valence-corrected chi connectivity index (χ4v) is 7.61. The molecule has 0 aliphatic heterocycles. The molecular formula is C46H38F3N3. The van der Waals surface area contributed by atoms with Crippen LogP contribution in [0.2, 0.25) is 0 Å². The first-order valence-electron chi connectivity index (χ1n) is 17.5. The summed E-state index contributed by atoms with van der Waals surface area (Å²) in [7, 11) is 0. The highest BCUT2D eigenvalue weighted by Gasteiger charge is 2.34. The first-order valence-corrected chi connectivity index (χ1v) is 17.5. The number of benzene rings is 6. The van der Waals surface area contributed by atoms with Gasteiger partial charge >= 0.3 is 6.18 Å². The van der Waals surface area contributed by atoms with Gasteiger partial charge in [-0.2, -0.15) is 18.4 Å². The Kier molecular flexibility index (Phi) is 7.45. The van der Waals surface area contributed by atoms with Crippen LogP contribution >= 0.6 is 0 Å². The number of alkyl halides is 3. The van der Waals surface area contributed by atoms with Gasteiger partial charge in [-0.15, -0.1) is 0 Å². The Morgan fingerprint density at radius 2 is 0.923 bits per heavy atom. The molecule has 0 saturated carbocycles. The van der Waals surface area contributed by atoms with Crippen LogP contribution in [0.4, 0.5) is 13.2 Å². The highest BCUT2D eigenvalue weighted by atomic mass is 19.4. The molecule has 8 aromatic rings. The van der Waals surface area contributed by atoms with Gasteiger partial charge in [0, 0.05) is 27.1 Å². The second kappa shape index (κ2) is 11.6. The van der Waals surface area contributed by atoms with Gasteiger partial charge in [-0.3, -0.25) is 0 Å². The van der Waals surface area contributed by atoms with Crippen molar-refractivity contribution in [3.05, 3.63) is 144 Å². The van der Waals surface area contributed by atoms with Gasteiger partial charge in [0.25, 0.3) is 0 Å². The summed E-state index contributed by atoms with van der Waals surface area (Å²) in [5, 5.41) is 14.9. The van der Waals surface area contributed by atoms with Crippen LogP contribution in [0.1, 0.15) is 63.8 Å². The molecule has 0 spiro atoms. The van der Waals surface area contributed by atoms with Crippen LogP contribution in [0.15, 0.2) is 121 Å². The van der Waals surface area contributed by atoms with E-state index in [2.05, 4.69) is 117 Å². The normalized spacial score (nSPS) is 12.7. The van der Waals surface area contributed by atoms with Crippen molar-refractivity contribution in [3.8, 4) is 28.6 Å². The number of nitriles is 1. The molecule has 0 bridgehead atoms. The Morgan fingerprint density at radius 3 is 1.40 bits per heavy atom. The first-order chi connectivity index (χ1) is 24.7. The van der Waals surface area contributed by atoms with Gasteiger partial charge in [0.05, 0.1) is 50.6 Å². The molecule has 52 heavy (non-hydrogen) atoms. The zero-order valence-corrected chi connectivity index (χ0v) is 30.0. The van der Waals surface area contributed by atoms with Crippen LogP contribution in [-0.2, 0) is 17.0 Å². The minimum absolute atomic E-state index is 0.0350. The average molecular weight is 690 g/mol. The summed E-state index contributed by atoms with van der Waals surface area (Å²) < 4.78 is 48.0. The molecular weight excluding hydrogens is 652 g/mol. The third-order valence-electron chi connectivity index (χ3n) is 10.3. The number of hydrogen-bond acceptors (Lipinski definition) is 1. The van der Waals surface area contributed by atoms with Gasteiger partial charge in [-0.05, 0) is 82.1 Å². The molecule has 0 aliphatic carbocycles. The Morgan fingerprint density at radius 1 is 0.481 bits per heavy atom. The van der Waals surface area contributed by atoms with Crippen molar-refractivity contribution in [2.45, 2.75) is 58.5 Å². The topological polar surface area (TPSA) is 33.6 Å². The fraction of sp³-hybridized carbons (Fsp3) is 0.196. The molecule has 0 fully saturated rings. The third-order valence-corrected chi connectivity index (χ3v) is 10.3. The van der Waals surface area contributed by atoms with E-state index in [4.69, 9.17) is 0 Å². The van der Waals surface area contributed by atoms with Gasteiger partial charge in [0.15, 0.2) is 0 Å². The van der Waals surface area contributed by atoms with Gasteiger partial charge in [-0.25, -0.2) is 0 Å². The average Bonchev–Trinajstić information content (AvgIpc) is 3.62. The number of fused-ring (bicyclic) bond motifs is 6. The molecule has 6 aromatic carbocycles. The molecule has 2 heterocycles. The van der Waals surface area contributed by atoms with Crippen LogP contribution in [0, 0.1) is 11.3 Å². The molecule has 6 heteroatoms. The lowest BCUT2D eigenvalue weighted by Gasteiger charge is -2.22. The molecule has 3 nitrogen and oxygen atoms in total. The maximum absolute atomic E-state index is 14.6. The summed E-state index contributed by atoms with van der Waals surface area (Å²) in [6.07, 6.45) is -4.62. The number of halogens is 3. The van der Waals surface area contributed by atoms with Crippen molar-refractivity contribution in [2.24, 2.45) is 0 Å². The molecule has 0 aliphatic rings. The predicted molar refractivity (Wildman–Crippen MR) is 208 cm³/mol. The Balaban J connectivity index is 1.56. The van der Waals surface area contributed by atoms with Crippen LogP contribution < -0.4 is 0 Å². The van der Waals surface area contributed by atoms with Gasteiger partial charge in [-0.1, -0.05) is 108 Å². The number of para-hydroxylation sites is 2. The van der Waals surface area contributed by atoms with E-state index in [0.717, 1.165) is 49.7 Å². The van der Waals surface area contributed by atoms with Crippen LogP contribution in [0.5, 0.6) is 0 Å². The molecule has 0 radical (unpaired) electrons. The van der Waals surface area contributed by atoms with Crippen molar-refractivity contribution in [3.63, 3.8) is 0 Å². The Hall–Kier alpha value is -5.80. The minimum atomic E-state index is -4.62. The largest absolute Gasteiger partial charge is 0.417 e. The van der Waals surface area contributed by atoms with Crippen LogP contribution in [0.3, 0.4) is 0 Å². The Bertz CT molecular complexity index is 2760. The van der Waals surface area contributed by atoms with Crippen LogP contribution in [-0.4, -0.2) is 9.13 Å². The number of nitrogens with zero attached hydrogens (tertiary/aromatic N) is 3. The molecule has 0 atom stereocenters. The highest BCUT2D eigenvalue weighted by Crippen LogP contribution is 2.44. The Labute approximate surface area is 301 Å². The standard InChI is InChI=1S/C46H38F3N3/c1-44(2,3)29-19-21-40-35(24-29)32-14-8-11-17-38(32)51(40)42-23-28(27-50)34(31-13-7-10-16-37(31)46(47,48)49)26-43(42)52-39-18-12-9-15-33(39)36-25-30(45(4,5)6)20-22-41(36)52/h7-26H,1-6H3.